The van der Waals surface area contributed by atoms with E-state index in [9.17, 15) is 0 Å². The maximum atomic E-state index is 5.98. The van der Waals surface area contributed by atoms with Crippen LogP contribution in [0.4, 0.5) is 0 Å². The summed E-state index contributed by atoms with van der Waals surface area (Å²) in [6.07, 6.45) is 1.16. The van der Waals surface area contributed by atoms with Gasteiger partial charge >= 0.3 is 0 Å². The molecule has 0 heterocycles. The van der Waals surface area contributed by atoms with E-state index in [0.29, 0.717) is 5.92 Å². The van der Waals surface area contributed by atoms with Gasteiger partial charge in [0.05, 0.1) is 0 Å². The first-order valence-electron chi connectivity index (χ1n) is 3.17. The van der Waals surface area contributed by atoms with Gasteiger partial charge in [-0.05, 0) is 19.8 Å². The molecule has 0 bridgehead atoms. The van der Waals surface area contributed by atoms with Crippen LogP contribution in [0.5, 0.6) is 0 Å². The molecule has 0 fully saturated rings. The zero-order chi connectivity index (χ0) is 6.78. The molecule has 1 heteroatoms. The Balaban J connectivity index is 3.62. The predicted molar refractivity (Wildman–Crippen MR) is 39.4 cm³/mol. The highest BCUT2D eigenvalue weighted by atomic mass is 35.5. The quantitative estimate of drug-likeness (QED) is 0.510. The van der Waals surface area contributed by atoms with Crippen molar-refractivity contribution in [3.63, 3.8) is 0 Å². The van der Waals surface area contributed by atoms with Crippen LogP contribution in [0.25, 0.3) is 0 Å². The molecule has 0 aliphatic rings. The number of hydrogen-bond acceptors (Lipinski definition) is 0. The summed E-state index contributed by atoms with van der Waals surface area (Å²) in [6, 6.07) is 0. The maximum absolute atomic E-state index is 5.98. The van der Waals surface area contributed by atoms with Crippen LogP contribution >= 0.6 is 11.6 Å². The molecule has 1 atom stereocenters. The molecule has 0 spiro atoms. The molecule has 0 saturated heterocycles. The molecule has 0 amide bonds. The third-order valence-corrected chi connectivity index (χ3v) is 2.16. The van der Waals surface area contributed by atoms with Gasteiger partial charge in [0.1, 0.15) is 0 Å². The van der Waals surface area contributed by atoms with Gasteiger partial charge in [-0.1, -0.05) is 20.3 Å². The van der Waals surface area contributed by atoms with Crippen LogP contribution in [-0.2, 0) is 0 Å². The average Bonchev–Trinajstić information content (AvgIpc) is 1.62. The first-order chi connectivity index (χ1) is 3.48. The summed E-state index contributed by atoms with van der Waals surface area (Å²) >= 11 is 5.98. The van der Waals surface area contributed by atoms with Crippen molar-refractivity contribution < 1.29 is 0 Å². The van der Waals surface area contributed by atoms with Gasteiger partial charge in [-0.3, -0.25) is 0 Å². The van der Waals surface area contributed by atoms with Gasteiger partial charge in [0, 0.05) is 4.87 Å². The zero-order valence-electron chi connectivity index (χ0n) is 6.16. The Morgan fingerprint density at radius 3 is 1.88 bits per heavy atom. The monoisotopic (exact) mass is 134 g/mol. The molecule has 0 radical (unpaired) electrons. The lowest BCUT2D eigenvalue weighted by Crippen LogP contribution is -2.20. The standard InChI is InChI=1S/C7H15Cl/c1-5-6(2)7(3,4)8/h6H,5H2,1-4H3. The third kappa shape index (κ3) is 2.56. The first kappa shape index (κ1) is 8.29. The SMILES string of the molecule is CCC(C)C(C)(C)Cl. The second-order valence-corrected chi connectivity index (χ2v) is 3.85. The molecule has 0 rings (SSSR count). The van der Waals surface area contributed by atoms with Crippen LogP contribution < -0.4 is 0 Å². The van der Waals surface area contributed by atoms with E-state index in [2.05, 4.69) is 27.7 Å². The highest BCUT2D eigenvalue weighted by Crippen LogP contribution is 2.25. The van der Waals surface area contributed by atoms with Crippen LogP contribution in [0.1, 0.15) is 34.1 Å². The Labute approximate surface area is 57.2 Å². The Morgan fingerprint density at radius 1 is 1.50 bits per heavy atom. The van der Waals surface area contributed by atoms with Crippen molar-refractivity contribution in [2.45, 2.75) is 39.0 Å². The normalized spacial score (nSPS) is 16.1. The van der Waals surface area contributed by atoms with Crippen molar-refractivity contribution in [3.05, 3.63) is 0 Å². The Morgan fingerprint density at radius 2 is 1.88 bits per heavy atom. The summed E-state index contributed by atoms with van der Waals surface area (Å²) in [4.78, 5) is -0.0191. The molecule has 0 aliphatic carbocycles. The predicted octanol–water partition coefficient (Wildman–Crippen LogP) is 3.05. The van der Waals surface area contributed by atoms with Crippen LogP contribution in [0.3, 0.4) is 0 Å². The van der Waals surface area contributed by atoms with E-state index < -0.39 is 0 Å². The molecule has 0 saturated carbocycles. The van der Waals surface area contributed by atoms with E-state index in [4.69, 9.17) is 11.6 Å². The maximum Gasteiger partial charge on any atom is 0.0416 e. The lowest BCUT2D eigenvalue weighted by atomic mass is 9.95. The molecule has 0 aliphatic heterocycles. The Kier molecular flexibility index (Phi) is 2.82. The molecule has 1 unspecified atom stereocenters. The number of alkyl halides is 1. The fourth-order valence-electron chi connectivity index (χ4n) is 0.485. The lowest BCUT2D eigenvalue weighted by Gasteiger charge is -2.22. The highest BCUT2D eigenvalue weighted by molar-refractivity contribution is 6.23. The van der Waals surface area contributed by atoms with Crippen molar-refractivity contribution in [1.29, 1.82) is 0 Å². The van der Waals surface area contributed by atoms with Gasteiger partial charge in [0.25, 0.3) is 0 Å². The zero-order valence-corrected chi connectivity index (χ0v) is 6.92. The fourth-order valence-corrected chi connectivity index (χ4v) is 0.640. The number of hydrogen-bond donors (Lipinski definition) is 0. The van der Waals surface area contributed by atoms with E-state index in [1.165, 1.54) is 0 Å². The van der Waals surface area contributed by atoms with Gasteiger partial charge in [-0.2, -0.15) is 0 Å². The summed E-state index contributed by atoms with van der Waals surface area (Å²) in [7, 11) is 0. The molecular formula is C7H15Cl. The second kappa shape index (κ2) is 2.72. The van der Waals surface area contributed by atoms with E-state index in [-0.39, 0.29) is 4.87 Å². The van der Waals surface area contributed by atoms with Crippen molar-refractivity contribution in [1.82, 2.24) is 0 Å². The summed E-state index contributed by atoms with van der Waals surface area (Å²) in [5.41, 5.74) is 0. The smallest absolute Gasteiger partial charge is 0.0416 e. The molecule has 0 aromatic carbocycles. The Bertz CT molecular complexity index is 61.3. The largest absolute Gasteiger partial charge is 0.120 e. The van der Waals surface area contributed by atoms with E-state index in [0.717, 1.165) is 6.42 Å². The van der Waals surface area contributed by atoms with E-state index in [1.807, 2.05) is 0 Å². The molecular weight excluding hydrogens is 120 g/mol. The lowest BCUT2D eigenvalue weighted by molar-refractivity contribution is 0.439. The van der Waals surface area contributed by atoms with Gasteiger partial charge in [-0.25, -0.2) is 0 Å². The molecule has 0 aromatic rings. The van der Waals surface area contributed by atoms with Crippen molar-refractivity contribution in [3.8, 4) is 0 Å². The molecule has 0 aromatic heterocycles. The highest BCUT2D eigenvalue weighted by Gasteiger charge is 2.19. The van der Waals surface area contributed by atoms with Crippen LogP contribution in [0.15, 0.2) is 0 Å². The van der Waals surface area contributed by atoms with E-state index in [1.54, 1.807) is 0 Å². The van der Waals surface area contributed by atoms with Gasteiger partial charge in [0.15, 0.2) is 0 Å². The first-order valence-corrected chi connectivity index (χ1v) is 3.55. The third-order valence-electron chi connectivity index (χ3n) is 1.78. The number of halogens is 1. The van der Waals surface area contributed by atoms with E-state index >= 15 is 0 Å². The minimum absolute atomic E-state index is 0.0191. The Hall–Kier alpha value is 0.290. The van der Waals surface area contributed by atoms with Crippen LogP contribution in [-0.4, -0.2) is 4.87 Å². The summed E-state index contributed by atoms with van der Waals surface area (Å²) in [6.45, 7) is 8.45. The molecule has 0 N–H and O–H groups in total. The minimum Gasteiger partial charge on any atom is -0.120 e. The van der Waals surface area contributed by atoms with Crippen LogP contribution in [0.2, 0.25) is 0 Å². The van der Waals surface area contributed by atoms with Crippen molar-refractivity contribution in [2.24, 2.45) is 5.92 Å². The summed E-state index contributed by atoms with van der Waals surface area (Å²) in [5.74, 6) is 0.615. The number of rotatable bonds is 2. The second-order valence-electron chi connectivity index (χ2n) is 2.87. The minimum atomic E-state index is -0.0191. The van der Waals surface area contributed by atoms with Crippen molar-refractivity contribution in [2.75, 3.05) is 0 Å². The summed E-state index contributed by atoms with van der Waals surface area (Å²) in [5, 5.41) is 0. The molecule has 0 nitrogen and oxygen atoms in total. The topological polar surface area (TPSA) is 0 Å². The van der Waals surface area contributed by atoms with Gasteiger partial charge in [0.2, 0.25) is 0 Å². The van der Waals surface area contributed by atoms with Gasteiger partial charge in [-0.15, -0.1) is 11.6 Å². The fraction of sp³-hybridized carbons (Fsp3) is 1.00. The average molecular weight is 135 g/mol. The molecule has 50 valence electrons. The summed E-state index contributed by atoms with van der Waals surface area (Å²) < 4.78 is 0. The van der Waals surface area contributed by atoms with Gasteiger partial charge < -0.3 is 0 Å². The van der Waals surface area contributed by atoms with Crippen molar-refractivity contribution >= 4 is 11.6 Å². The van der Waals surface area contributed by atoms with Crippen LogP contribution in [0, 0.1) is 5.92 Å². The molecule has 8 heavy (non-hydrogen) atoms.